The van der Waals surface area contributed by atoms with Gasteiger partial charge in [-0.2, -0.15) is 0 Å². The summed E-state index contributed by atoms with van der Waals surface area (Å²) >= 11 is 6.38. The van der Waals surface area contributed by atoms with E-state index in [-0.39, 0.29) is 0 Å². The van der Waals surface area contributed by atoms with E-state index in [1.165, 1.54) is 0 Å². The maximum absolute atomic E-state index is 11.6. The second kappa shape index (κ2) is 7.81. The lowest BCUT2D eigenvalue weighted by molar-refractivity contribution is -0.144. The first-order chi connectivity index (χ1) is 10.5. The predicted octanol–water partition coefficient (Wildman–Crippen LogP) is 1.92. The molecular weight excluding hydrogens is 304 g/mol. The highest BCUT2D eigenvalue weighted by Crippen LogP contribution is 2.29. The van der Waals surface area contributed by atoms with Crippen LogP contribution in [0.3, 0.4) is 0 Å². The maximum atomic E-state index is 11.6. The van der Waals surface area contributed by atoms with Crippen LogP contribution in [-0.4, -0.2) is 44.9 Å². The molecule has 1 heterocycles. The van der Waals surface area contributed by atoms with Gasteiger partial charge in [0.15, 0.2) is 0 Å². The van der Waals surface area contributed by atoms with Crippen molar-refractivity contribution in [2.24, 2.45) is 5.73 Å². The van der Waals surface area contributed by atoms with Gasteiger partial charge in [0.2, 0.25) is 0 Å². The van der Waals surface area contributed by atoms with Crippen LogP contribution < -0.4 is 10.6 Å². The van der Waals surface area contributed by atoms with Gasteiger partial charge in [0, 0.05) is 23.8 Å². The fraction of sp³-hybridized carbons (Fsp3) is 0.562. The SMILES string of the molecule is CCOC(=O)C(N)Cc1cc(C)c(N2CCOCC2)cc1Cl. The molecule has 0 saturated carbocycles. The molecule has 0 aliphatic carbocycles. The van der Waals surface area contributed by atoms with Crippen molar-refractivity contribution in [3.8, 4) is 0 Å². The molecule has 2 N–H and O–H groups in total. The molecule has 0 aromatic heterocycles. The van der Waals surface area contributed by atoms with Crippen LogP contribution in [0.2, 0.25) is 5.02 Å². The van der Waals surface area contributed by atoms with Gasteiger partial charge in [0.25, 0.3) is 0 Å². The molecule has 1 fully saturated rings. The minimum absolute atomic E-state index is 0.329. The maximum Gasteiger partial charge on any atom is 0.323 e. The number of ether oxygens (including phenoxy) is 2. The summed E-state index contributed by atoms with van der Waals surface area (Å²) in [6, 6.07) is 3.27. The van der Waals surface area contributed by atoms with Crippen molar-refractivity contribution in [3.05, 3.63) is 28.3 Å². The Morgan fingerprint density at radius 1 is 1.45 bits per heavy atom. The molecule has 0 spiro atoms. The molecular formula is C16H23ClN2O3. The highest BCUT2D eigenvalue weighted by molar-refractivity contribution is 6.31. The molecule has 0 amide bonds. The zero-order valence-corrected chi connectivity index (χ0v) is 13.9. The lowest BCUT2D eigenvalue weighted by Crippen LogP contribution is -2.37. The third kappa shape index (κ3) is 4.12. The molecule has 1 atom stereocenters. The van der Waals surface area contributed by atoms with Crippen LogP contribution in [0.25, 0.3) is 0 Å². The third-order valence-corrected chi connectivity index (χ3v) is 4.10. The Bertz CT molecular complexity index is 530. The predicted molar refractivity (Wildman–Crippen MR) is 87.5 cm³/mol. The van der Waals surface area contributed by atoms with E-state index in [9.17, 15) is 4.79 Å². The number of nitrogens with two attached hydrogens (primary N) is 1. The summed E-state index contributed by atoms with van der Waals surface area (Å²) in [4.78, 5) is 13.9. The number of aryl methyl sites for hydroxylation is 1. The van der Waals surface area contributed by atoms with Gasteiger partial charge in [-0.3, -0.25) is 4.79 Å². The van der Waals surface area contributed by atoms with Gasteiger partial charge in [-0.15, -0.1) is 0 Å². The van der Waals surface area contributed by atoms with Crippen LogP contribution in [0.5, 0.6) is 0 Å². The first kappa shape index (κ1) is 17.1. The van der Waals surface area contributed by atoms with E-state index >= 15 is 0 Å². The van der Waals surface area contributed by atoms with Crippen molar-refractivity contribution in [3.63, 3.8) is 0 Å². The molecule has 122 valence electrons. The molecule has 1 aliphatic rings. The molecule has 1 saturated heterocycles. The van der Waals surface area contributed by atoms with Gasteiger partial charge in [-0.25, -0.2) is 0 Å². The topological polar surface area (TPSA) is 64.8 Å². The molecule has 0 radical (unpaired) electrons. The fourth-order valence-corrected chi connectivity index (χ4v) is 2.84. The molecule has 22 heavy (non-hydrogen) atoms. The van der Waals surface area contributed by atoms with Crippen molar-refractivity contribution < 1.29 is 14.3 Å². The summed E-state index contributed by atoms with van der Waals surface area (Å²) in [5.74, 6) is -0.395. The molecule has 6 heteroatoms. The summed E-state index contributed by atoms with van der Waals surface area (Å²) in [5, 5.41) is 0.631. The minimum Gasteiger partial charge on any atom is -0.465 e. The lowest BCUT2D eigenvalue weighted by Gasteiger charge is -2.30. The Hall–Kier alpha value is -1.30. The number of carbonyl (C=O) groups excluding carboxylic acids is 1. The van der Waals surface area contributed by atoms with Gasteiger partial charge < -0.3 is 20.1 Å². The van der Waals surface area contributed by atoms with Gasteiger partial charge in [0.1, 0.15) is 6.04 Å². The summed E-state index contributed by atoms with van der Waals surface area (Å²) in [5.41, 5.74) is 8.98. The average molecular weight is 327 g/mol. The Labute approximate surface area is 136 Å². The van der Waals surface area contributed by atoms with Crippen LogP contribution in [0, 0.1) is 6.92 Å². The summed E-state index contributed by atoms with van der Waals surface area (Å²) in [6.07, 6.45) is 0.377. The van der Waals surface area contributed by atoms with Crippen LogP contribution in [0.4, 0.5) is 5.69 Å². The van der Waals surface area contributed by atoms with Gasteiger partial charge >= 0.3 is 5.97 Å². The number of hydrogen-bond donors (Lipinski definition) is 1. The molecule has 1 aromatic carbocycles. The minimum atomic E-state index is -0.689. The first-order valence-electron chi connectivity index (χ1n) is 7.56. The lowest BCUT2D eigenvalue weighted by atomic mass is 10.0. The monoisotopic (exact) mass is 326 g/mol. The zero-order valence-electron chi connectivity index (χ0n) is 13.1. The first-order valence-corrected chi connectivity index (χ1v) is 7.94. The number of halogens is 1. The second-order valence-electron chi connectivity index (χ2n) is 5.39. The molecule has 1 aromatic rings. The van der Waals surface area contributed by atoms with Crippen LogP contribution in [-0.2, 0) is 20.7 Å². The Morgan fingerprint density at radius 3 is 2.77 bits per heavy atom. The van der Waals surface area contributed by atoms with E-state index in [0.29, 0.717) is 18.1 Å². The Morgan fingerprint density at radius 2 is 2.14 bits per heavy atom. The third-order valence-electron chi connectivity index (χ3n) is 3.75. The normalized spacial score (nSPS) is 16.5. The summed E-state index contributed by atoms with van der Waals surface area (Å²) < 4.78 is 10.3. The Balaban J connectivity index is 2.13. The van der Waals surface area contributed by atoms with E-state index in [0.717, 1.165) is 43.1 Å². The summed E-state index contributed by atoms with van der Waals surface area (Å²) in [6.45, 7) is 7.31. The summed E-state index contributed by atoms with van der Waals surface area (Å²) in [7, 11) is 0. The average Bonchev–Trinajstić information content (AvgIpc) is 2.51. The fourth-order valence-electron chi connectivity index (χ4n) is 2.60. The van der Waals surface area contributed by atoms with Crippen molar-refractivity contribution in [1.82, 2.24) is 0 Å². The molecule has 1 unspecified atom stereocenters. The van der Waals surface area contributed by atoms with E-state index in [1.807, 2.05) is 19.1 Å². The number of benzene rings is 1. The molecule has 1 aliphatic heterocycles. The largest absolute Gasteiger partial charge is 0.465 e. The van der Waals surface area contributed by atoms with Crippen LogP contribution in [0.15, 0.2) is 12.1 Å². The quantitative estimate of drug-likeness (QED) is 0.837. The van der Waals surface area contributed by atoms with E-state index in [1.54, 1.807) is 6.92 Å². The smallest absolute Gasteiger partial charge is 0.323 e. The molecule has 2 rings (SSSR count). The van der Waals surface area contributed by atoms with Gasteiger partial charge in [-0.05, 0) is 37.5 Å². The Kier molecular flexibility index (Phi) is 6.06. The standard InChI is InChI=1S/C16H23ClN2O3/c1-3-22-16(20)14(18)9-12-8-11(2)15(10-13(12)17)19-4-6-21-7-5-19/h8,10,14H,3-7,9,18H2,1-2H3. The van der Waals surface area contributed by atoms with Gasteiger partial charge in [0.05, 0.1) is 19.8 Å². The number of esters is 1. The number of hydrogen-bond acceptors (Lipinski definition) is 5. The van der Waals surface area contributed by atoms with Crippen LogP contribution in [0.1, 0.15) is 18.1 Å². The van der Waals surface area contributed by atoms with E-state index in [4.69, 9.17) is 26.8 Å². The molecule has 5 nitrogen and oxygen atoms in total. The second-order valence-corrected chi connectivity index (χ2v) is 5.80. The highest BCUT2D eigenvalue weighted by Gasteiger charge is 2.19. The highest BCUT2D eigenvalue weighted by atomic mass is 35.5. The van der Waals surface area contributed by atoms with Crippen molar-refractivity contribution in [1.29, 1.82) is 0 Å². The van der Waals surface area contributed by atoms with Crippen LogP contribution >= 0.6 is 11.6 Å². The number of nitrogens with zero attached hydrogens (tertiary/aromatic N) is 1. The van der Waals surface area contributed by atoms with Crippen molar-refractivity contribution >= 4 is 23.3 Å². The van der Waals surface area contributed by atoms with E-state index < -0.39 is 12.0 Å². The number of anilines is 1. The van der Waals surface area contributed by atoms with E-state index in [2.05, 4.69) is 4.90 Å². The number of carbonyl (C=O) groups is 1. The molecule has 0 bridgehead atoms. The van der Waals surface area contributed by atoms with Crippen molar-refractivity contribution in [2.75, 3.05) is 37.8 Å². The van der Waals surface area contributed by atoms with Crippen molar-refractivity contribution in [2.45, 2.75) is 26.3 Å². The number of rotatable bonds is 5. The zero-order chi connectivity index (χ0) is 16.1. The van der Waals surface area contributed by atoms with Gasteiger partial charge in [-0.1, -0.05) is 17.7 Å². The number of morpholine rings is 1.